The molecule has 2 N–H and O–H groups in total. The summed E-state index contributed by atoms with van der Waals surface area (Å²) in [6.45, 7) is 1.05. The minimum atomic E-state index is -3.54. The van der Waals surface area contributed by atoms with Crippen LogP contribution in [0, 0.1) is 0 Å². The molecule has 7 heteroatoms. The standard InChI is InChI=1S/C14H21N3O2S2/c1-16(2)11-7-9-17(10-8-11)21(18,19)13-6-4-3-5-12(13)14(15)20/h3-6,11H,7-10H2,1-2H3,(H2,15,20). The first kappa shape index (κ1) is 16.4. The van der Waals surface area contributed by atoms with Crippen molar-refractivity contribution in [1.29, 1.82) is 0 Å². The van der Waals surface area contributed by atoms with Crippen LogP contribution in [-0.4, -0.2) is 55.8 Å². The summed E-state index contributed by atoms with van der Waals surface area (Å²) in [5.74, 6) is 0. The molecular formula is C14H21N3O2S2. The van der Waals surface area contributed by atoms with Gasteiger partial charge in [0.15, 0.2) is 0 Å². The van der Waals surface area contributed by atoms with Crippen molar-refractivity contribution in [2.75, 3.05) is 27.2 Å². The molecule has 0 aromatic heterocycles. The molecular weight excluding hydrogens is 306 g/mol. The van der Waals surface area contributed by atoms with E-state index in [1.165, 1.54) is 4.31 Å². The quantitative estimate of drug-likeness (QED) is 0.837. The van der Waals surface area contributed by atoms with Crippen molar-refractivity contribution in [3.8, 4) is 0 Å². The van der Waals surface area contributed by atoms with E-state index in [1.54, 1.807) is 24.3 Å². The number of nitrogens with zero attached hydrogens (tertiary/aromatic N) is 2. The Morgan fingerprint density at radius 2 is 1.86 bits per heavy atom. The van der Waals surface area contributed by atoms with Gasteiger partial charge in [-0.1, -0.05) is 30.4 Å². The smallest absolute Gasteiger partial charge is 0.243 e. The molecule has 2 rings (SSSR count). The molecule has 0 bridgehead atoms. The van der Waals surface area contributed by atoms with Crippen molar-refractivity contribution in [2.24, 2.45) is 5.73 Å². The number of nitrogens with two attached hydrogens (primary N) is 1. The summed E-state index contributed by atoms with van der Waals surface area (Å²) in [5, 5.41) is 0. The first-order valence-corrected chi connectivity index (χ1v) is 8.74. The molecule has 116 valence electrons. The van der Waals surface area contributed by atoms with Crippen LogP contribution in [0.2, 0.25) is 0 Å². The molecule has 0 spiro atoms. The van der Waals surface area contributed by atoms with E-state index in [1.807, 2.05) is 14.1 Å². The van der Waals surface area contributed by atoms with Gasteiger partial charge in [0.1, 0.15) is 4.99 Å². The first-order valence-electron chi connectivity index (χ1n) is 6.89. The zero-order valence-electron chi connectivity index (χ0n) is 12.3. The maximum atomic E-state index is 12.8. The highest BCUT2D eigenvalue weighted by atomic mass is 32.2. The summed E-state index contributed by atoms with van der Waals surface area (Å²) < 4.78 is 27.1. The summed E-state index contributed by atoms with van der Waals surface area (Å²) in [4.78, 5) is 2.46. The van der Waals surface area contributed by atoms with Crippen LogP contribution in [0.5, 0.6) is 0 Å². The Kier molecular flexibility index (Phi) is 4.98. The van der Waals surface area contributed by atoms with Crippen molar-refractivity contribution in [3.63, 3.8) is 0 Å². The van der Waals surface area contributed by atoms with Crippen LogP contribution in [-0.2, 0) is 10.0 Å². The third-order valence-electron chi connectivity index (χ3n) is 3.92. The van der Waals surface area contributed by atoms with Crippen molar-refractivity contribution >= 4 is 27.2 Å². The lowest BCUT2D eigenvalue weighted by molar-refractivity contribution is 0.196. The predicted octanol–water partition coefficient (Wildman–Crippen LogP) is 1.04. The molecule has 0 radical (unpaired) electrons. The fraction of sp³-hybridized carbons (Fsp3) is 0.500. The molecule has 5 nitrogen and oxygen atoms in total. The summed E-state index contributed by atoms with van der Waals surface area (Å²) in [7, 11) is 0.510. The van der Waals surface area contributed by atoms with Gasteiger partial charge in [0.2, 0.25) is 10.0 Å². The molecule has 1 aliphatic rings. The second-order valence-corrected chi connectivity index (χ2v) is 7.81. The Hall–Kier alpha value is -1.02. The highest BCUT2D eigenvalue weighted by Crippen LogP contribution is 2.24. The summed E-state index contributed by atoms with van der Waals surface area (Å²) in [6.07, 6.45) is 1.67. The van der Waals surface area contributed by atoms with Gasteiger partial charge >= 0.3 is 0 Å². The number of hydrogen-bond donors (Lipinski definition) is 1. The van der Waals surface area contributed by atoms with Crippen LogP contribution in [0.4, 0.5) is 0 Å². The lowest BCUT2D eigenvalue weighted by Gasteiger charge is -2.34. The molecule has 0 amide bonds. The SMILES string of the molecule is CN(C)C1CCN(S(=O)(=O)c2ccccc2C(N)=S)CC1. The van der Waals surface area contributed by atoms with Gasteiger partial charge in [-0.15, -0.1) is 0 Å². The number of thiocarbonyl (C=S) groups is 1. The zero-order valence-corrected chi connectivity index (χ0v) is 14.0. The molecule has 21 heavy (non-hydrogen) atoms. The van der Waals surface area contributed by atoms with E-state index in [0.717, 1.165) is 12.8 Å². The lowest BCUT2D eigenvalue weighted by atomic mass is 10.1. The average molecular weight is 327 g/mol. The minimum Gasteiger partial charge on any atom is -0.389 e. The van der Waals surface area contributed by atoms with Crippen LogP contribution < -0.4 is 5.73 Å². The third-order valence-corrected chi connectivity index (χ3v) is 6.10. The number of benzene rings is 1. The maximum absolute atomic E-state index is 12.8. The molecule has 1 aromatic rings. The van der Waals surface area contributed by atoms with Crippen molar-refractivity contribution in [1.82, 2.24) is 9.21 Å². The zero-order chi connectivity index (χ0) is 15.6. The molecule has 1 aromatic carbocycles. The van der Waals surface area contributed by atoms with E-state index in [-0.39, 0.29) is 9.88 Å². The molecule has 1 fully saturated rings. The van der Waals surface area contributed by atoms with Crippen LogP contribution in [0.3, 0.4) is 0 Å². The van der Waals surface area contributed by atoms with E-state index >= 15 is 0 Å². The topological polar surface area (TPSA) is 66.6 Å². The Balaban J connectivity index is 2.26. The summed E-state index contributed by atoms with van der Waals surface area (Å²) in [5.41, 5.74) is 6.06. The summed E-state index contributed by atoms with van der Waals surface area (Å²) in [6, 6.07) is 7.10. The van der Waals surface area contributed by atoms with Crippen LogP contribution in [0.15, 0.2) is 29.2 Å². The van der Waals surface area contributed by atoms with Gasteiger partial charge in [-0.3, -0.25) is 0 Å². The fourth-order valence-electron chi connectivity index (χ4n) is 2.63. The largest absolute Gasteiger partial charge is 0.389 e. The van der Waals surface area contributed by atoms with Gasteiger partial charge in [-0.2, -0.15) is 4.31 Å². The molecule has 0 aliphatic carbocycles. The number of piperidine rings is 1. The first-order chi connectivity index (χ1) is 9.84. The van der Waals surface area contributed by atoms with Crippen LogP contribution in [0.1, 0.15) is 18.4 Å². The monoisotopic (exact) mass is 327 g/mol. The Morgan fingerprint density at radius 3 is 2.38 bits per heavy atom. The molecule has 0 atom stereocenters. The van der Waals surface area contributed by atoms with Gasteiger partial charge in [0, 0.05) is 24.7 Å². The van der Waals surface area contributed by atoms with Crippen LogP contribution >= 0.6 is 12.2 Å². The van der Waals surface area contributed by atoms with E-state index in [9.17, 15) is 8.42 Å². The van der Waals surface area contributed by atoms with Gasteiger partial charge < -0.3 is 10.6 Å². The van der Waals surface area contributed by atoms with Gasteiger partial charge in [0.25, 0.3) is 0 Å². The Morgan fingerprint density at radius 1 is 1.29 bits per heavy atom. The Labute approximate surface area is 131 Å². The van der Waals surface area contributed by atoms with Crippen molar-refractivity contribution in [3.05, 3.63) is 29.8 Å². The molecule has 1 saturated heterocycles. The van der Waals surface area contributed by atoms with E-state index < -0.39 is 10.0 Å². The van der Waals surface area contributed by atoms with Gasteiger partial charge in [0.05, 0.1) is 4.90 Å². The second kappa shape index (κ2) is 6.39. The predicted molar refractivity (Wildman–Crippen MR) is 87.8 cm³/mol. The van der Waals surface area contributed by atoms with E-state index in [0.29, 0.717) is 24.7 Å². The number of sulfonamides is 1. The lowest BCUT2D eigenvalue weighted by Crippen LogP contribution is -2.44. The molecule has 1 heterocycles. The Bertz CT molecular complexity index is 621. The van der Waals surface area contributed by atoms with Crippen molar-refractivity contribution < 1.29 is 8.42 Å². The third kappa shape index (κ3) is 3.42. The van der Waals surface area contributed by atoms with Crippen molar-refractivity contribution in [2.45, 2.75) is 23.8 Å². The fourth-order valence-corrected chi connectivity index (χ4v) is 4.55. The number of rotatable bonds is 4. The highest BCUT2D eigenvalue weighted by Gasteiger charge is 2.31. The van der Waals surface area contributed by atoms with E-state index in [4.69, 9.17) is 18.0 Å². The molecule has 0 unspecified atom stereocenters. The van der Waals surface area contributed by atoms with Gasteiger partial charge in [-0.05, 0) is 33.0 Å². The van der Waals surface area contributed by atoms with Crippen LogP contribution in [0.25, 0.3) is 0 Å². The molecule has 0 saturated carbocycles. The molecule has 1 aliphatic heterocycles. The van der Waals surface area contributed by atoms with E-state index in [2.05, 4.69) is 4.90 Å². The minimum absolute atomic E-state index is 0.109. The van der Waals surface area contributed by atoms with Gasteiger partial charge in [-0.25, -0.2) is 8.42 Å². The normalized spacial score (nSPS) is 18.0. The summed E-state index contributed by atoms with van der Waals surface area (Å²) >= 11 is 4.96. The second-order valence-electron chi connectivity index (χ2n) is 5.46. The number of hydrogen-bond acceptors (Lipinski definition) is 4. The average Bonchev–Trinajstić information content (AvgIpc) is 2.47. The highest BCUT2D eigenvalue weighted by molar-refractivity contribution is 7.89. The maximum Gasteiger partial charge on any atom is 0.243 e.